The van der Waals surface area contributed by atoms with Gasteiger partial charge in [0.15, 0.2) is 0 Å². The van der Waals surface area contributed by atoms with Crippen molar-refractivity contribution in [3.8, 4) is 0 Å². The molecule has 20 heavy (non-hydrogen) atoms. The number of aromatic carboxylic acids is 1. The van der Waals surface area contributed by atoms with Gasteiger partial charge in [-0.2, -0.15) is 0 Å². The predicted octanol–water partition coefficient (Wildman–Crippen LogP) is 4.08. The number of carbonyl (C=O) groups is 1. The van der Waals surface area contributed by atoms with Crippen molar-refractivity contribution in [2.45, 2.75) is 20.8 Å². The Hall–Kier alpha value is -2.29. The first-order chi connectivity index (χ1) is 9.40. The van der Waals surface area contributed by atoms with E-state index in [1.807, 2.05) is 26.1 Å². The van der Waals surface area contributed by atoms with Gasteiger partial charge in [-0.3, -0.25) is 0 Å². The average molecular weight is 269 g/mol. The fourth-order valence-corrected chi connectivity index (χ4v) is 2.42. The molecule has 0 saturated heterocycles. The maximum absolute atomic E-state index is 11.1. The summed E-state index contributed by atoms with van der Waals surface area (Å²) in [6.07, 6.45) is 0. The highest BCUT2D eigenvalue weighted by Gasteiger charge is 2.11. The minimum Gasteiger partial charge on any atom is -0.478 e. The minimum absolute atomic E-state index is 0.350. The Morgan fingerprint density at radius 1 is 1.00 bits per heavy atom. The summed E-state index contributed by atoms with van der Waals surface area (Å²) in [6.45, 7) is 5.97. The molecule has 1 N–H and O–H groups in total. The lowest BCUT2D eigenvalue weighted by Crippen LogP contribution is -2.12. The van der Waals surface area contributed by atoms with E-state index in [0.29, 0.717) is 5.56 Å². The third-order valence-electron chi connectivity index (χ3n) is 3.54. The van der Waals surface area contributed by atoms with Gasteiger partial charge >= 0.3 is 5.97 Å². The number of aryl methyl sites for hydroxylation is 3. The zero-order chi connectivity index (χ0) is 14.9. The smallest absolute Gasteiger partial charge is 0.335 e. The van der Waals surface area contributed by atoms with E-state index in [9.17, 15) is 4.79 Å². The van der Waals surface area contributed by atoms with E-state index in [2.05, 4.69) is 36.9 Å². The largest absolute Gasteiger partial charge is 0.478 e. The summed E-state index contributed by atoms with van der Waals surface area (Å²) in [6, 6.07) is 11.7. The number of rotatable bonds is 3. The Labute approximate surface area is 119 Å². The molecule has 0 saturated carbocycles. The molecule has 0 fully saturated rings. The van der Waals surface area contributed by atoms with Crippen molar-refractivity contribution >= 4 is 17.3 Å². The highest BCUT2D eigenvalue weighted by molar-refractivity contribution is 5.90. The van der Waals surface area contributed by atoms with Crippen LogP contribution in [-0.2, 0) is 0 Å². The number of hydrogen-bond acceptors (Lipinski definition) is 2. The van der Waals surface area contributed by atoms with Gasteiger partial charge in [-0.05, 0) is 56.2 Å². The highest BCUT2D eigenvalue weighted by Crippen LogP contribution is 2.28. The molecule has 0 spiro atoms. The summed E-state index contributed by atoms with van der Waals surface area (Å²) < 4.78 is 0. The molecule has 0 aliphatic rings. The monoisotopic (exact) mass is 269 g/mol. The van der Waals surface area contributed by atoms with Crippen molar-refractivity contribution in [2.75, 3.05) is 11.9 Å². The molecule has 0 aliphatic carbocycles. The van der Waals surface area contributed by atoms with Crippen LogP contribution in [0.15, 0.2) is 36.4 Å². The Balaban J connectivity index is 2.40. The van der Waals surface area contributed by atoms with E-state index in [1.165, 1.54) is 11.1 Å². The van der Waals surface area contributed by atoms with Crippen molar-refractivity contribution < 1.29 is 9.90 Å². The highest BCUT2D eigenvalue weighted by atomic mass is 16.4. The summed E-state index contributed by atoms with van der Waals surface area (Å²) >= 11 is 0. The first-order valence-electron chi connectivity index (χ1n) is 6.55. The van der Waals surface area contributed by atoms with E-state index < -0.39 is 5.97 Å². The molecule has 2 aromatic rings. The van der Waals surface area contributed by atoms with E-state index in [1.54, 1.807) is 6.07 Å². The molecule has 0 atom stereocenters. The number of carboxylic acids is 1. The summed E-state index contributed by atoms with van der Waals surface area (Å²) in [4.78, 5) is 13.1. The van der Waals surface area contributed by atoms with E-state index in [4.69, 9.17) is 5.11 Å². The number of benzene rings is 2. The van der Waals surface area contributed by atoms with Gasteiger partial charge in [-0.15, -0.1) is 0 Å². The zero-order valence-corrected chi connectivity index (χ0v) is 12.3. The Bertz CT molecular complexity index is 662. The van der Waals surface area contributed by atoms with Crippen LogP contribution in [0.25, 0.3) is 0 Å². The SMILES string of the molecule is Cc1ccc(N(C)c2ccc(C(=O)O)c(C)c2)c(C)c1. The second-order valence-electron chi connectivity index (χ2n) is 5.15. The number of anilines is 2. The van der Waals surface area contributed by atoms with Crippen LogP contribution in [0, 0.1) is 20.8 Å². The molecule has 2 rings (SSSR count). The maximum Gasteiger partial charge on any atom is 0.335 e. The second-order valence-corrected chi connectivity index (χ2v) is 5.15. The first kappa shape index (κ1) is 14.1. The van der Waals surface area contributed by atoms with Crippen molar-refractivity contribution in [1.29, 1.82) is 0 Å². The molecular weight excluding hydrogens is 250 g/mol. The van der Waals surface area contributed by atoms with Gasteiger partial charge in [0, 0.05) is 18.4 Å². The average Bonchev–Trinajstić information content (AvgIpc) is 2.37. The van der Waals surface area contributed by atoms with Gasteiger partial charge in [-0.25, -0.2) is 4.79 Å². The first-order valence-corrected chi connectivity index (χ1v) is 6.55. The lowest BCUT2D eigenvalue weighted by atomic mass is 10.1. The molecule has 0 amide bonds. The molecule has 0 aliphatic heterocycles. The Morgan fingerprint density at radius 2 is 1.70 bits per heavy atom. The molecule has 0 aromatic heterocycles. The maximum atomic E-state index is 11.1. The molecule has 0 heterocycles. The lowest BCUT2D eigenvalue weighted by Gasteiger charge is -2.22. The topological polar surface area (TPSA) is 40.5 Å². The number of nitrogens with zero attached hydrogens (tertiary/aromatic N) is 1. The van der Waals surface area contributed by atoms with E-state index in [0.717, 1.165) is 16.9 Å². The van der Waals surface area contributed by atoms with Gasteiger partial charge in [0.2, 0.25) is 0 Å². The van der Waals surface area contributed by atoms with Crippen molar-refractivity contribution in [3.63, 3.8) is 0 Å². The molecule has 0 radical (unpaired) electrons. The minimum atomic E-state index is -0.886. The van der Waals surface area contributed by atoms with Crippen molar-refractivity contribution in [2.24, 2.45) is 0 Å². The van der Waals surface area contributed by atoms with Crippen LogP contribution in [-0.4, -0.2) is 18.1 Å². The predicted molar refractivity (Wildman–Crippen MR) is 82.1 cm³/mol. The Morgan fingerprint density at radius 3 is 2.25 bits per heavy atom. The number of hydrogen-bond donors (Lipinski definition) is 1. The molecular formula is C17H19NO2. The second kappa shape index (κ2) is 5.37. The molecule has 104 valence electrons. The van der Waals surface area contributed by atoms with E-state index in [-0.39, 0.29) is 0 Å². The lowest BCUT2D eigenvalue weighted by molar-refractivity contribution is 0.0696. The fraction of sp³-hybridized carbons (Fsp3) is 0.235. The third kappa shape index (κ3) is 2.67. The summed E-state index contributed by atoms with van der Waals surface area (Å²) in [5.41, 5.74) is 5.66. The van der Waals surface area contributed by atoms with Gasteiger partial charge in [0.1, 0.15) is 0 Å². The van der Waals surface area contributed by atoms with Crippen molar-refractivity contribution in [3.05, 3.63) is 58.7 Å². The van der Waals surface area contributed by atoms with Gasteiger partial charge < -0.3 is 10.0 Å². The van der Waals surface area contributed by atoms with Crippen LogP contribution < -0.4 is 4.90 Å². The van der Waals surface area contributed by atoms with Gasteiger partial charge in [0.25, 0.3) is 0 Å². The molecule has 2 aromatic carbocycles. The fourth-order valence-electron chi connectivity index (χ4n) is 2.42. The summed E-state index contributed by atoms with van der Waals surface area (Å²) in [7, 11) is 1.99. The third-order valence-corrected chi connectivity index (χ3v) is 3.54. The Kier molecular flexibility index (Phi) is 3.79. The standard InChI is InChI=1S/C17H19NO2/c1-11-5-8-16(13(3)9-11)18(4)14-6-7-15(17(19)20)12(2)10-14/h5-10H,1-4H3,(H,19,20). The van der Waals surface area contributed by atoms with Gasteiger partial charge in [-0.1, -0.05) is 17.7 Å². The summed E-state index contributed by atoms with van der Waals surface area (Å²) in [5.74, 6) is -0.886. The molecule has 0 bridgehead atoms. The molecule has 0 unspecified atom stereocenters. The number of carboxylic acid groups (broad SMARTS) is 1. The van der Waals surface area contributed by atoms with Crippen LogP contribution in [0.2, 0.25) is 0 Å². The van der Waals surface area contributed by atoms with Gasteiger partial charge in [0.05, 0.1) is 5.56 Å². The van der Waals surface area contributed by atoms with Crippen LogP contribution in [0.3, 0.4) is 0 Å². The van der Waals surface area contributed by atoms with Crippen molar-refractivity contribution in [1.82, 2.24) is 0 Å². The van der Waals surface area contributed by atoms with Crippen LogP contribution >= 0.6 is 0 Å². The molecule has 3 nitrogen and oxygen atoms in total. The van der Waals surface area contributed by atoms with Crippen LogP contribution in [0.4, 0.5) is 11.4 Å². The summed E-state index contributed by atoms with van der Waals surface area (Å²) in [5, 5.41) is 9.07. The zero-order valence-electron chi connectivity index (χ0n) is 12.3. The quantitative estimate of drug-likeness (QED) is 0.912. The van der Waals surface area contributed by atoms with Crippen LogP contribution in [0.1, 0.15) is 27.0 Å². The van der Waals surface area contributed by atoms with Crippen LogP contribution in [0.5, 0.6) is 0 Å². The normalized spacial score (nSPS) is 10.4. The molecule has 3 heteroatoms. The van der Waals surface area contributed by atoms with E-state index >= 15 is 0 Å².